The smallest absolute Gasteiger partial charge is 0.259 e. The summed E-state index contributed by atoms with van der Waals surface area (Å²) in [6, 6.07) is 23.8. The van der Waals surface area contributed by atoms with E-state index < -0.39 is 0 Å². The molecule has 1 heterocycles. The van der Waals surface area contributed by atoms with E-state index in [9.17, 15) is 9.59 Å². The fourth-order valence-corrected chi connectivity index (χ4v) is 3.60. The number of ether oxygens (including phenoxy) is 2. The number of carbonyl (C=O) groups excluding carboxylic acids is 2. The number of rotatable bonds is 8. The third-order valence-electron chi connectivity index (χ3n) is 5.30. The average molecular weight is 431 g/mol. The number of anilines is 1. The van der Waals surface area contributed by atoms with E-state index in [1.807, 2.05) is 36.4 Å². The number of benzene rings is 3. The molecule has 3 aromatic rings. The van der Waals surface area contributed by atoms with Crippen LogP contribution in [0, 0.1) is 0 Å². The Hall–Kier alpha value is -3.64. The monoisotopic (exact) mass is 430 g/mol. The highest BCUT2D eigenvalue weighted by molar-refractivity contribution is 6.10. The van der Waals surface area contributed by atoms with Crippen molar-refractivity contribution in [1.82, 2.24) is 5.32 Å². The molecular weight excluding hydrogens is 404 g/mol. The van der Waals surface area contributed by atoms with Crippen LogP contribution in [0.3, 0.4) is 0 Å². The van der Waals surface area contributed by atoms with Gasteiger partial charge in [-0.2, -0.15) is 0 Å². The van der Waals surface area contributed by atoms with Gasteiger partial charge in [-0.05, 0) is 42.7 Å². The van der Waals surface area contributed by atoms with Crippen LogP contribution in [0.15, 0.2) is 78.9 Å². The second kappa shape index (κ2) is 10.6. The predicted octanol–water partition coefficient (Wildman–Crippen LogP) is 4.43. The molecule has 0 unspecified atom stereocenters. The minimum atomic E-state index is -0.340. The van der Waals surface area contributed by atoms with Gasteiger partial charge >= 0.3 is 0 Å². The topological polar surface area (TPSA) is 76.7 Å². The van der Waals surface area contributed by atoms with Gasteiger partial charge in [0.05, 0.1) is 22.9 Å². The fourth-order valence-electron chi connectivity index (χ4n) is 3.60. The highest BCUT2D eigenvalue weighted by Gasteiger charge is 2.19. The van der Waals surface area contributed by atoms with Crippen LogP contribution >= 0.6 is 0 Å². The molecule has 1 fully saturated rings. The first-order valence-electron chi connectivity index (χ1n) is 10.8. The summed E-state index contributed by atoms with van der Waals surface area (Å²) >= 11 is 0. The Morgan fingerprint density at radius 1 is 0.875 bits per heavy atom. The lowest BCUT2D eigenvalue weighted by molar-refractivity contribution is 0.0858. The highest BCUT2D eigenvalue weighted by Crippen LogP contribution is 2.23. The summed E-state index contributed by atoms with van der Waals surface area (Å²) in [5, 5.41) is 5.77. The Bertz CT molecular complexity index is 1060. The highest BCUT2D eigenvalue weighted by atomic mass is 16.5. The fraction of sp³-hybridized carbons (Fsp3) is 0.231. The van der Waals surface area contributed by atoms with E-state index in [2.05, 4.69) is 10.6 Å². The molecule has 1 saturated heterocycles. The quantitative estimate of drug-likeness (QED) is 0.554. The van der Waals surface area contributed by atoms with Gasteiger partial charge in [0.25, 0.3) is 11.8 Å². The van der Waals surface area contributed by atoms with Crippen LogP contribution in [0.2, 0.25) is 0 Å². The SMILES string of the molecule is O=C(NC[C@H]1CCCO1)c1ccccc1NC(=O)c1ccccc1OCc1ccccc1. The van der Waals surface area contributed by atoms with Crippen molar-refractivity contribution in [3.8, 4) is 5.75 Å². The maximum absolute atomic E-state index is 13.0. The Labute approximate surface area is 187 Å². The molecule has 6 heteroatoms. The first-order chi connectivity index (χ1) is 15.7. The van der Waals surface area contributed by atoms with E-state index in [0.29, 0.717) is 35.7 Å². The lowest BCUT2D eigenvalue weighted by atomic mass is 10.1. The van der Waals surface area contributed by atoms with Crippen LogP contribution < -0.4 is 15.4 Å². The molecule has 4 rings (SSSR count). The molecule has 32 heavy (non-hydrogen) atoms. The third kappa shape index (κ3) is 5.53. The molecule has 0 saturated carbocycles. The summed E-state index contributed by atoms with van der Waals surface area (Å²) in [5.41, 5.74) is 2.26. The molecule has 1 aliphatic heterocycles. The zero-order valence-electron chi connectivity index (χ0n) is 17.8. The first kappa shape index (κ1) is 21.6. The molecule has 2 N–H and O–H groups in total. The van der Waals surface area contributed by atoms with Crippen LogP contribution in [0.4, 0.5) is 5.69 Å². The standard InChI is InChI=1S/C26H26N2O4/c29-25(27-17-20-11-8-16-31-20)21-12-4-6-14-23(21)28-26(30)22-13-5-7-15-24(22)32-18-19-9-2-1-3-10-19/h1-7,9-10,12-15,20H,8,11,16-18H2,(H,27,29)(H,28,30)/t20-/m1/s1. The van der Waals surface area contributed by atoms with E-state index >= 15 is 0 Å². The van der Waals surface area contributed by atoms with E-state index in [1.54, 1.807) is 42.5 Å². The first-order valence-corrected chi connectivity index (χ1v) is 10.8. The zero-order valence-corrected chi connectivity index (χ0v) is 17.8. The molecule has 164 valence electrons. The second-order valence-electron chi connectivity index (χ2n) is 7.62. The Morgan fingerprint density at radius 2 is 1.59 bits per heavy atom. The largest absolute Gasteiger partial charge is 0.488 e. The lowest BCUT2D eigenvalue weighted by Crippen LogP contribution is -2.32. The van der Waals surface area contributed by atoms with Gasteiger partial charge < -0.3 is 20.1 Å². The number of carbonyl (C=O) groups is 2. The summed E-state index contributed by atoms with van der Waals surface area (Å²) in [5.74, 6) is -0.104. The Morgan fingerprint density at radius 3 is 2.38 bits per heavy atom. The molecule has 0 radical (unpaired) electrons. The van der Waals surface area contributed by atoms with Crippen molar-refractivity contribution in [1.29, 1.82) is 0 Å². The normalized spacial score (nSPS) is 15.2. The predicted molar refractivity (Wildman–Crippen MR) is 123 cm³/mol. The van der Waals surface area contributed by atoms with Gasteiger partial charge in [0.15, 0.2) is 0 Å². The summed E-state index contributed by atoms with van der Waals surface area (Å²) in [4.78, 5) is 25.8. The average Bonchev–Trinajstić information content (AvgIpc) is 3.36. The van der Waals surface area contributed by atoms with E-state index in [-0.39, 0.29) is 17.9 Å². The van der Waals surface area contributed by atoms with Crippen molar-refractivity contribution < 1.29 is 19.1 Å². The van der Waals surface area contributed by atoms with Gasteiger partial charge in [-0.15, -0.1) is 0 Å². The second-order valence-corrected chi connectivity index (χ2v) is 7.62. The summed E-state index contributed by atoms with van der Waals surface area (Å²) in [6.45, 7) is 1.55. The van der Waals surface area contributed by atoms with Crippen molar-refractivity contribution >= 4 is 17.5 Å². The van der Waals surface area contributed by atoms with Gasteiger partial charge in [0, 0.05) is 13.2 Å². The summed E-state index contributed by atoms with van der Waals surface area (Å²) in [6.07, 6.45) is 2.01. The van der Waals surface area contributed by atoms with Crippen molar-refractivity contribution in [3.63, 3.8) is 0 Å². The lowest BCUT2D eigenvalue weighted by Gasteiger charge is -2.15. The van der Waals surface area contributed by atoms with E-state index in [0.717, 1.165) is 25.0 Å². The zero-order chi connectivity index (χ0) is 22.2. The van der Waals surface area contributed by atoms with Gasteiger partial charge in [-0.1, -0.05) is 54.6 Å². The van der Waals surface area contributed by atoms with Crippen molar-refractivity contribution in [2.24, 2.45) is 0 Å². The third-order valence-corrected chi connectivity index (χ3v) is 5.30. The van der Waals surface area contributed by atoms with Crippen LogP contribution in [0.5, 0.6) is 5.75 Å². The number of nitrogens with one attached hydrogen (secondary N) is 2. The Kier molecular flexibility index (Phi) is 7.15. The van der Waals surface area contributed by atoms with Gasteiger partial charge in [0.1, 0.15) is 12.4 Å². The van der Waals surface area contributed by atoms with E-state index in [1.165, 1.54) is 0 Å². The number of hydrogen-bond acceptors (Lipinski definition) is 4. The maximum atomic E-state index is 13.0. The number of amides is 2. The van der Waals surface area contributed by atoms with Crippen LogP contribution in [0.1, 0.15) is 39.1 Å². The summed E-state index contributed by atoms with van der Waals surface area (Å²) < 4.78 is 11.5. The molecule has 0 aromatic heterocycles. The van der Waals surface area contributed by atoms with Crippen LogP contribution in [0.25, 0.3) is 0 Å². The molecule has 0 spiro atoms. The summed E-state index contributed by atoms with van der Waals surface area (Å²) in [7, 11) is 0. The number of hydrogen-bond donors (Lipinski definition) is 2. The van der Waals surface area contributed by atoms with Gasteiger partial charge in [-0.25, -0.2) is 0 Å². The molecule has 1 aliphatic rings. The van der Waals surface area contributed by atoms with Crippen molar-refractivity contribution in [2.75, 3.05) is 18.5 Å². The molecule has 1 atom stereocenters. The molecule has 3 aromatic carbocycles. The van der Waals surface area contributed by atoms with Crippen molar-refractivity contribution in [3.05, 3.63) is 95.6 Å². The Balaban J connectivity index is 1.44. The maximum Gasteiger partial charge on any atom is 0.259 e. The molecule has 6 nitrogen and oxygen atoms in total. The van der Waals surface area contributed by atoms with Gasteiger partial charge in [-0.3, -0.25) is 9.59 Å². The minimum Gasteiger partial charge on any atom is -0.488 e. The minimum absolute atomic E-state index is 0.0503. The molecular formula is C26H26N2O4. The van der Waals surface area contributed by atoms with E-state index in [4.69, 9.17) is 9.47 Å². The number of para-hydroxylation sites is 2. The van der Waals surface area contributed by atoms with Gasteiger partial charge in [0.2, 0.25) is 0 Å². The molecule has 0 aliphatic carbocycles. The molecule has 0 bridgehead atoms. The molecule has 2 amide bonds. The van der Waals surface area contributed by atoms with Crippen LogP contribution in [-0.2, 0) is 11.3 Å². The van der Waals surface area contributed by atoms with Crippen molar-refractivity contribution in [2.45, 2.75) is 25.6 Å². The van der Waals surface area contributed by atoms with Crippen LogP contribution in [-0.4, -0.2) is 31.1 Å².